The number of piperidine rings is 1. The summed E-state index contributed by atoms with van der Waals surface area (Å²) >= 11 is 0. The van der Waals surface area contributed by atoms with Crippen LogP contribution in [0.2, 0.25) is 0 Å². The number of benzene rings is 2. The van der Waals surface area contributed by atoms with Gasteiger partial charge < -0.3 is 4.74 Å². The van der Waals surface area contributed by atoms with E-state index in [1.54, 1.807) is 12.1 Å². The second-order valence-corrected chi connectivity index (χ2v) is 7.13. The molecular formula is C24H29NO3. The predicted octanol–water partition coefficient (Wildman–Crippen LogP) is 4.70. The molecule has 3 atom stereocenters. The van der Waals surface area contributed by atoms with Crippen LogP contribution in [0.3, 0.4) is 0 Å². The summed E-state index contributed by atoms with van der Waals surface area (Å²) in [4.78, 5) is 27.0. The number of likely N-dealkylation sites (tertiary alicyclic amines) is 1. The van der Waals surface area contributed by atoms with Crippen LogP contribution in [-0.2, 0) is 16.1 Å². The number of fused-ring (bicyclic) bond motifs is 1. The van der Waals surface area contributed by atoms with E-state index >= 15 is 0 Å². The summed E-state index contributed by atoms with van der Waals surface area (Å²) in [6, 6.07) is 19.2. The Morgan fingerprint density at radius 2 is 1.61 bits per heavy atom. The lowest BCUT2D eigenvalue weighted by Crippen LogP contribution is -2.48. The van der Waals surface area contributed by atoms with Crippen molar-refractivity contribution in [2.45, 2.75) is 45.8 Å². The number of hydrogen-bond acceptors (Lipinski definition) is 3. The van der Waals surface area contributed by atoms with E-state index in [1.165, 1.54) is 4.90 Å². The van der Waals surface area contributed by atoms with Crippen molar-refractivity contribution in [1.29, 1.82) is 0 Å². The predicted molar refractivity (Wildman–Crippen MR) is 110 cm³/mol. The summed E-state index contributed by atoms with van der Waals surface area (Å²) in [7, 11) is 0. The van der Waals surface area contributed by atoms with Crippen LogP contribution in [0, 0.1) is 11.8 Å². The summed E-state index contributed by atoms with van der Waals surface area (Å²) in [5.41, 5.74) is 1.73. The van der Waals surface area contributed by atoms with Crippen LogP contribution in [0.25, 0.3) is 0 Å². The fourth-order valence-corrected chi connectivity index (χ4v) is 4.24. The fraction of sp³-hybridized carbons (Fsp3) is 0.417. The van der Waals surface area contributed by atoms with Crippen molar-refractivity contribution in [3.63, 3.8) is 0 Å². The highest BCUT2D eigenvalue weighted by Gasteiger charge is 2.46. The second kappa shape index (κ2) is 9.65. The molecular weight excluding hydrogens is 350 g/mol. The minimum absolute atomic E-state index is 0.0269. The normalized spacial score (nSPS) is 23.6. The van der Waals surface area contributed by atoms with Crippen LogP contribution < -0.4 is 0 Å². The Bertz CT molecular complexity index is 775. The van der Waals surface area contributed by atoms with Crippen LogP contribution in [0.1, 0.15) is 49.0 Å². The maximum atomic E-state index is 12.9. The summed E-state index contributed by atoms with van der Waals surface area (Å²) in [6.45, 7) is 5.06. The third-order valence-corrected chi connectivity index (χ3v) is 5.60. The first-order valence-electron chi connectivity index (χ1n) is 10.3. The van der Waals surface area contributed by atoms with Crippen LogP contribution in [0.5, 0.6) is 0 Å². The lowest BCUT2D eigenvalue weighted by molar-refractivity contribution is -0.139. The molecule has 0 radical (unpaired) electrons. The van der Waals surface area contributed by atoms with Crippen molar-refractivity contribution in [3.8, 4) is 0 Å². The molecule has 2 aromatic rings. The smallest absolute Gasteiger partial charge is 0.260 e. The molecule has 0 unspecified atom stereocenters. The maximum Gasteiger partial charge on any atom is 0.260 e. The zero-order chi connectivity index (χ0) is 19.9. The molecule has 28 heavy (non-hydrogen) atoms. The van der Waals surface area contributed by atoms with Gasteiger partial charge in [-0.3, -0.25) is 14.5 Å². The number of nitrogens with zero attached hydrogens (tertiary/aromatic N) is 1. The third kappa shape index (κ3) is 4.33. The van der Waals surface area contributed by atoms with Gasteiger partial charge in [0.25, 0.3) is 5.91 Å². The molecule has 0 N–H and O–H groups in total. The quantitative estimate of drug-likeness (QED) is 0.724. The van der Waals surface area contributed by atoms with Gasteiger partial charge >= 0.3 is 0 Å². The second-order valence-electron chi connectivity index (χ2n) is 7.13. The Kier molecular flexibility index (Phi) is 6.99. The number of carbonyl (C=O) groups excluding carboxylic acids is 2. The van der Waals surface area contributed by atoms with Crippen LogP contribution in [0.15, 0.2) is 60.7 Å². The highest BCUT2D eigenvalue weighted by atomic mass is 16.5. The Morgan fingerprint density at radius 1 is 0.964 bits per heavy atom. The van der Waals surface area contributed by atoms with Gasteiger partial charge in [-0.1, -0.05) is 62.4 Å². The number of rotatable bonds is 4. The molecule has 1 aliphatic heterocycles. The lowest BCUT2D eigenvalue weighted by atomic mass is 9.86. The fourth-order valence-electron chi connectivity index (χ4n) is 4.24. The average molecular weight is 380 g/mol. The van der Waals surface area contributed by atoms with E-state index in [4.69, 9.17) is 4.74 Å². The van der Waals surface area contributed by atoms with E-state index < -0.39 is 0 Å². The van der Waals surface area contributed by atoms with E-state index in [2.05, 4.69) is 12.1 Å². The number of ether oxygens (including phenoxy) is 1. The molecule has 1 saturated heterocycles. The molecule has 4 nitrogen and oxygen atoms in total. The molecule has 2 amide bonds. The zero-order valence-corrected chi connectivity index (χ0v) is 16.7. The molecule has 1 heterocycles. The van der Waals surface area contributed by atoms with Gasteiger partial charge in [-0.2, -0.15) is 0 Å². The van der Waals surface area contributed by atoms with E-state index in [0.717, 1.165) is 24.8 Å². The van der Waals surface area contributed by atoms with E-state index in [-0.39, 0.29) is 29.8 Å². The molecule has 2 aromatic carbocycles. The summed E-state index contributed by atoms with van der Waals surface area (Å²) in [6.07, 6.45) is 2.63. The van der Waals surface area contributed by atoms with Gasteiger partial charge in [0.15, 0.2) is 0 Å². The van der Waals surface area contributed by atoms with Crippen LogP contribution in [-0.4, -0.2) is 29.4 Å². The standard InChI is InChI=1S/C22H23NO3.C2H6/c24-21(17-9-5-2-6-10-17)23-14-13-18-19(22(23)25)11-12-20(18)26-15-16-7-3-1-4-8-16;1-2/h1-10,18-20H,11-15H2;1-2H3/t18-,19-,20-;/m1./s1. The number of imide groups is 1. The molecule has 2 fully saturated rings. The summed E-state index contributed by atoms with van der Waals surface area (Å²) < 4.78 is 6.13. The van der Waals surface area contributed by atoms with Crippen molar-refractivity contribution in [2.24, 2.45) is 11.8 Å². The summed E-state index contributed by atoms with van der Waals surface area (Å²) in [5.74, 6) is -0.0631. The molecule has 4 heteroatoms. The Morgan fingerprint density at radius 3 is 2.29 bits per heavy atom. The van der Waals surface area contributed by atoms with Crippen molar-refractivity contribution >= 4 is 11.8 Å². The molecule has 0 bridgehead atoms. The van der Waals surface area contributed by atoms with Crippen molar-refractivity contribution in [1.82, 2.24) is 4.90 Å². The number of carbonyl (C=O) groups is 2. The largest absolute Gasteiger partial charge is 0.373 e. The minimum atomic E-state index is -0.178. The molecule has 1 aliphatic carbocycles. The van der Waals surface area contributed by atoms with Gasteiger partial charge in [0.1, 0.15) is 0 Å². The molecule has 2 aliphatic rings. The molecule has 0 spiro atoms. The van der Waals surface area contributed by atoms with Gasteiger partial charge in [-0.15, -0.1) is 0 Å². The Hall–Kier alpha value is -2.46. The molecule has 148 valence electrons. The van der Waals surface area contributed by atoms with Crippen molar-refractivity contribution < 1.29 is 14.3 Å². The SMILES string of the molecule is CC.O=C(c1ccccc1)N1CC[C@H]2[C@H](OCc3ccccc3)CC[C@H]2C1=O. The van der Waals surface area contributed by atoms with Gasteiger partial charge in [0.2, 0.25) is 5.91 Å². The first kappa shape index (κ1) is 20.3. The lowest BCUT2D eigenvalue weighted by Gasteiger charge is -2.35. The summed E-state index contributed by atoms with van der Waals surface area (Å²) in [5, 5.41) is 0. The van der Waals surface area contributed by atoms with Gasteiger partial charge in [0, 0.05) is 18.0 Å². The highest BCUT2D eigenvalue weighted by Crippen LogP contribution is 2.41. The van der Waals surface area contributed by atoms with Gasteiger partial charge in [0.05, 0.1) is 12.7 Å². The Balaban J connectivity index is 0.00000109. The number of hydrogen-bond donors (Lipinski definition) is 0. The van der Waals surface area contributed by atoms with Gasteiger partial charge in [-0.05, 0) is 42.9 Å². The monoisotopic (exact) mass is 379 g/mol. The molecule has 4 rings (SSSR count). The number of amides is 2. The maximum absolute atomic E-state index is 12.9. The molecule has 1 saturated carbocycles. The zero-order valence-electron chi connectivity index (χ0n) is 16.7. The van der Waals surface area contributed by atoms with E-state index in [0.29, 0.717) is 18.7 Å². The van der Waals surface area contributed by atoms with Crippen LogP contribution in [0.4, 0.5) is 0 Å². The van der Waals surface area contributed by atoms with Crippen molar-refractivity contribution in [2.75, 3.05) is 6.54 Å². The average Bonchev–Trinajstić information content (AvgIpc) is 3.19. The van der Waals surface area contributed by atoms with E-state index in [1.807, 2.05) is 50.2 Å². The third-order valence-electron chi connectivity index (χ3n) is 5.60. The minimum Gasteiger partial charge on any atom is -0.373 e. The molecule has 0 aromatic heterocycles. The Labute approximate surface area is 167 Å². The van der Waals surface area contributed by atoms with Gasteiger partial charge in [-0.25, -0.2) is 0 Å². The van der Waals surface area contributed by atoms with Crippen LogP contribution >= 0.6 is 0 Å². The first-order chi connectivity index (χ1) is 13.7. The topological polar surface area (TPSA) is 46.6 Å². The first-order valence-corrected chi connectivity index (χ1v) is 10.3. The highest BCUT2D eigenvalue weighted by molar-refractivity contribution is 6.05. The van der Waals surface area contributed by atoms with E-state index in [9.17, 15) is 9.59 Å². The van der Waals surface area contributed by atoms with Crippen molar-refractivity contribution in [3.05, 3.63) is 71.8 Å².